The van der Waals surface area contributed by atoms with Crippen LogP contribution in [0.1, 0.15) is 24.1 Å². The highest BCUT2D eigenvalue weighted by Crippen LogP contribution is 2.19. The van der Waals surface area contributed by atoms with Gasteiger partial charge in [0.2, 0.25) is 0 Å². The van der Waals surface area contributed by atoms with Crippen LogP contribution in [0.4, 0.5) is 0 Å². The molecule has 1 atom stereocenters. The van der Waals surface area contributed by atoms with E-state index in [1.807, 2.05) is 67.6 Å². The molecule has 0 aliphatic carbocycles. The minimum Gasteiger partial charge on any atom is -0.345 e. The second kappa shape index (κ2) is 7.58. The first kappa shape index (κ1) is 16.0. The Kier molecular flexibility index (Phi) is 5.51. The predicted octanol–water partition coefficient (Wildman–Crippen LogP) is 4.23. The number of hydrogen-bond donors (Lipinski definition) is 1. The third kappa shape index (κ3) is 4.06. The molecule has 2 aromatic carbocycles. The van der Waals surface area contributed by atoms with Crippen molar-refractivity contribution in [2.45, 2.75) is 13.0 Å². The fourth-order valence-corrected chi connectivity index (χ4v) is 2.39. The zero-order valence-electron chi connectivity index (χ0n) is 12.1. The highest BCUT2D eigenvalue weighted by atomic mass is 79.9. The van der Waals surface area contributed by atoms with Gasteiger partial charge in [-0.05, 0) is 30.2 Å². The monoisotopic (exact) mass is 354 g/mol. The molecule has 4 heteroatoms. The maximum absolute atomic E-state index is 12.3. The van der Waals surface area contributed by atoms with E-state index in [0.717, 1.165) is 15.6 Å². The number of nitrogens with one attached hydrogen (secondary N) is 1. The van der Waals surface area contributed by atoms with Gasteiger partial charge in [-0.25, -0.2) is 0 Å². The molecule has 0 aromatic heterocycles. The molecule has 1 N–H and O–H groups in total. The van der Waals surface area contributed by atoms with Gasteiger partial charge in [-0.1, -0.05) is 64.5 Å². The Morgan fingerprint density at radius 2 is 1.82 bits per heavy atom. The van der Waals surface area contributed by atoms with E-state index >= 15 is 0 Å². The van der Waals surface area contributed by atoms with Gasteiger partial charge in [0.25, 0.3) is 5.91 Å². The molecule has 110 valence electrons. The SMILES string of the molecule is CC(NC(=O)/C(C#N)=C\c1ccccc1Br)c1ccccc1. The van der Waals surface area contributed by atoms with Crippen molar-refractivity contribution < 1.29 is 4.79 Å². The number of hydrogen-bond acceptors (Lipinski definition) is 2. The molecule has 0 saturated heterocycles. The van der Waals surface area contributed by atoms with Crippen molar-refractivity contribution in [3.8, 4) is 6.07 Å². The van der Waals surface area contributed by atoms with Crippen molar-refractivity contribution in [2.24, 2.45) is 0 Å². The van der Waals surface area contributed by atoms with Gasteiger partial charge in [0, 0.05) is 4.47 Å². The number of nitriles is 1. The molecule has 0 aliphatic rings. The quantitative estimate of drug-likeness (QED) is 0.659. The number of carbonyl (C=O) groups excluding carboxylic acids is 1. The zero-order valence-corrected chi connectivity index (χ0v) is 13.7. The van der Waals surface area contributed by atoms with E-state index in [9.17, 15) is 10.1 Å². The molecular weight excluding hydrogens is 340 g/mol. The van der Waals surface area contributed by atoms with Gasteiger partial charge >= 0.3 is 0 Å². The largest absolute Gasteiger partial charge is 0.345 e. The van der Waals surface area contributed by atoms with E-state index < -0.39 is 0 Å². The van der Waals surface area contributed by atoms with Crippen LogP contribution < -0.4 is 5.32 Å². The van der Waals surface area contributed by atoms with E-state index in [2.05, 4.69) is 21.2 Å². The predicted molar refractivity (Wildman–Crippen MR) is 90.7 cm³/mol. The highest BCUT2D eigenvalue weighted by molar-refractivity contribution is 9.10. The lowest BCUT2D eigenvalue weighted by Crippen LogP contribution is -2.27. The van der Waals surface area contributed by atoms with E-state index in [-0.39, 0.29) is 17.5 Å². The second-order valence-corrected chi connectivity index (χ2v) is 5.65. The highest BCUT2D eigenvalue weighted by Gasteiger charge is 2.14. The van der Waals surface area contributed by atoms with Gasteiger partial charge in [-0.3, -0.25) is 4.79 Å². The lowest BCUT2D eigenvalue weighted by atomic mass is 10.1. The van der Waals surface area contributed by atoms with Crippen LogP contribution in [0, 0.1) is 11.3 Å². The fraction of sp³-hybridized carbons (Fsp3) is 0.111. The Labute approximate surface area is 138 Å². The third-order valence-electron chi connectivity index (χ3n) is 3.22. The van der Waals surface area contributed by atoms with Crippen molar-refractivity contribution in [2.75, 3.05) is 0 Å². The first-order chi connectivity index (χ1) is 10.6. The van der Waals surface area contributed by atoms with Crippen LogP contribution in [0.25, 0.3) is 6.08 Å². The van der Waals surface area contributed by atoms with Crippen LogP contribution in [-0.2, 0) is 4.79 Å². The van der Waals surface area contributed by atoms with Gasteiger partial charge < -0.3 is 5.32 Å². The van der Waals surface area contributed by atoms with Crippen LogP contribution in [0.3, 0.4) is 0 Å². The summed E-state index contributed by atoms with van der Waals surface area (Å²) in [5.74, 6) is -0.380. The molecule has 22 heavy (non-hydrogen) atoms. The minimum atomic E-state index is -0.380. The number of nitrogens with zero attached hydrogens (tertiary/aromatic N) is 1. The summed E-state index contributed by atoms with van der Waals surface area (Å²) >= 11 is 3.40. The molecule has 3 nitrogen and oxygen atoms in total. The maximum atomic E-state index is 12.3. The van der Waals surface area contributed by atoms with Crippen LogP contribution in [0.5, 0.6) is 0 Å². The molecule has 0 radical (unpaired) electrons. The first-order valence-electron chi connectivity index (χ1n) is 6.84. The second-order valence-electron chi connectivity index (χ2n) is 4.80. The Bertz CT molecular complexity index is 732. The molecule has 0 aliphatic heterocycles. The van der Waals surface area contributed by atoms with Crippen LogP contribution in [0.15, 0.2) is 64.6 Å². The standard InChI is InChI=1S/C18H15BrN2O/c1-13(14-7-3-2-4-8-14)21-18(22)16(12-20)11-15-9-5-6-10-17(15)19/h2-11,13H,1H3,(H,21,22)/b16-11-. The lowest BCUT2D eigenvalue weighted by molar-refractivity contribution is -0.117. The summed E-state index contributed by atoms with van der Waals surface area (Å²) in [5, 5.41) is 12.1. The number of halogens is 1. The van der Waals surface area contributed by atoms with Gasteiger partial charge in [0.05, 0.1) is 6.04 Å². The molecular formula is C18H15BrN2O. The fourth-order valence-electron chi connectivity index (χ4n) is 2.00. The van der Waals surface area contributed by atoms with Crippen LogP contribution in [-0.4, -0.2) is 5.91 Å². The minimum absolute atomic E-state index is 0.0784. The Morgan fingerprint density at radius 1 is 1.18 bits per heavy atom. The van der Waals surface area contributed by atoms with E-state index in [1.165, 1.54) is 0 Å². The first-order valence-corrected chi connectivity index (χ1v) is 7.63. The molecule has 2 rings (SSSR count). The van der Waals surface area contributed by atoms with Crippen molar-refractivity contribution in [3.05, 3.63) is 75.8 Å². The van der Waals surface area contributed by atoms with Crippen molar-refractivity contribution in [1.29, 1.82) is 5.26 Å². The smallest absolute Gasteiger partial charge is 0.262 e. The van der Waals surface area contributed by atoms with Gasteiger partial charge in [-0.15, -0.1) is 0 Å². The molecule has 1 amide bonds. The average Bonchev–Trinajstić information content (AvgIpc) is 2.54. The molecule has 0 fully saturated rings. The average molecular weight is 355 g/mol. The van der Waals surface area contributed by atoms with Gasteiger partial charge in [0.1, 0.15) is 11.6 Å². The molecule has 2 aromatic rings. The summed E-state index contributed by atoms with van der Waals surface area (Å²) in [4.78, 5) is 12.3. The Morgan fingerprint density at radius 3 is 2.45 bits per heavy atom. The summed E-state index contributed by atoms with van der Waals surface area (Å²) in [7, 11) is 0. The number of amides is 1. The molecule has 0 bridgehead atoms. The normalized spacial score (nSPS) is 12.3. The Hall–Kier alpha value is -2.38. The van der Waals surface area contributed by atoms with E-state index in [0.29, 0.717) is 0 Å². The third-order valence-corrected chi connectivity index (χ3v) is 3.94. The summed E-state index contributed by atoms with van der Waals surface area (Å²) in [6, 6.07) is 18.9. The van der Waals surface area contributed by atoms with Gasteiger partial charge in [-0.2, -0.15) is 5.26 Å². The molecule has 0 saturated carbocycles. The Balaban J connectivity index is 2.17. The van der Waals surface area contributed by atoms with E-state index in [4.69, 9.17) is 0 Å². The zero-order chi connectivity index (χ0) is 15.9. The van der Waals surface area contributed by atoms with E-state index in [1.54, 1.807) is 6.08 Å². The van der Waals surface area contributed by atoms with Crippen molar-refractivity contribution in [3.63, 3.8) is 0 Å². The maximum Gasteiger partial charge on any atom is 0.262 e. The summed E-state index contributed by atoms with van der Waals surface area (Å²) in [5.41, 5.74) is 1.87. The van der Waals surface area contributed by atoms with Gasteiger partial charge in [0.15, 0.2) is 0 Å². The van der Waals surface area contributed by atoms with Crippen LogP contribution in [0.2, 0.25) is 0 Å². The number of benzene rings is 2. The molecule has 1 unspecified atom stereocenters. The summed E-state index contributed by atoms with van der Waals surface area (Å²) < 4.78 is 0.839. The van der Waals surface area contributed by atoms with Crippen molar-refractivity contribution >= 4 is 27.9 Å². The molecule has 0 heterocycles. The van der Waals surface area contributed by atoms with Crippen molar-refractivity contribution in [1.82, 2.24) is 5.32 Å². The van der Waals surface area contributed by atoms with Crippen LogP contribution >= 0.6 is 15.9 Å². The lowest BCUT2D eigenvalue weighted by Gasteiger charge is -2.13. The molecule has 0 spiro atoms. The topological polar surface area (TPSA) is 52.9 Å². The number of carbonyl (C=O) groups is 1. The summed E-state index contributed by atoms with van der Waals surface area (Å²) in [6.45, 7) is 1.89. The number of rotatable bonds is 4. The summed E-state index contributed by atoms with van der Waals surface area (Å²) in [6.07, 6.45) is 1.58.